The molecule has 2 fully saturated rings. The summed E-state index contributed by atoms with van der Waals surface area (Å²) in [5, 5.41) is 7.56. The molecule has 9 heteroatoms. The zero-order valence-corrected chi connectivity index (χ0v) is 17.3. The minimum atomic E-state index is -2.95. The van der Waals surface area contributed by atoms with E-state index in [0.29, 0.717) is 26.1 Å². The van der Waals surface area contributed by atoms with Crippen LogP contribution < -0.4 is 10.2 Å². The Morgan fingerprint density at radius 3 is 2.78 bits per heavy atom. The van der Waals surface area contributed by atoms with Gasteiger partial charge in [-0.1, -0.05) is 0 Å². The van der Waals surface area contributed by atoms with Gasteiger partial charge < -0.3 is 15.0 Å². The van der Waals surface area contributed by atoms with Crippen LogP contribution in [0.2, 0.25) is 0 Å². The lowest BCUT2D eigenvalue weighted by atomic mass is 10.1. The summed E-state index contributed by atoms with van der Waals surface area (Å²) >= 11 is 0. The highest BCUT2D eigenvalue weighted by atomic mass is 32.2. The largest absolute Gasteiger partial charge is 0.376 e. The average molecular weight is 400 g/mol. The van der Waals surface area contributed by atoms with E-state index in [1.165, 1.54) is 0 Å². The number of nitrogens with one attached hydrogen (secondary N) is 2. The van der Waals surface area contributed by atoms with E-state index in [2.05, 4.69) is 10.4 Å². The highest BCUT2D eigenvalue weighted by molar-refractivity contribution is 7.91. The van der Waals surface area contributed by atoms with Gasteiger partial charge in [-0.3, -0.25) is 9.48 Å². The van der Waals surface area contributed by atoms with Crippen LogP contribution in [-0.2, 0) is 25.9 Å². The lowest BCUT2D eigenvalue weighted by Crippen LogP contribution is -3.09. The molecule has 3 atom stereocenters. The van der Waals surface area contributed by atoms with E-state index in [1.54, 1.807) is 0 Å². The molecule has 1 unspecified atom stereocenters. The first-order valence-electron chi connectivity index (χ1n) is 9.70. The number of nitrogens with zero attached hydrogens (tertiary/aromatic N) is 2. The van der Waals surface area contributed by atoms with Crippen LogP contribution in [0.3, 0.4) is 0 Å². The van der Waals surface area contributed by atoms with Gasteiger partial charge in [0.25, 0.3) is 5.91 Å². The predicted molar refractivity (Wildman–Crippen MR) is 101 cm³/mol. The Labute approximate surface area is 161 Å². The first-order valence-corrected chi connectivity index (χ1v) is 11.5. The van der Waals surface area contributed by atoms with Crippen LogP contribution in [0.1, 0.15) is 42.3 Å². The van der Waals surface area contributed by atoms with Gasteiger partial charge in [-0.25, -0.2) is 8.42 Å². The fraction of sp³-hybridized carbons (Fsp3) is 0.778. The Morgan fingerprint density at radius 2 is 2.15 bits per heavy atom. The molecule has 2 aliphatic rings. The van der Waals surface area contributed by atoms with Crippen LogP contribution in [0.25, 0.3) is 0 Å². The zero-order chi connectivity index (χ0) is 19.6. The zero-order valence-electron chi connectivity index (χ0n) is 16.5. The van der Waals surface area contributed by atoms with E-state index in [0.717, 1.165) is 41.3 Å². The van der Waals surface area contributed by atoms with Gasteiger partial charge in [0.2, 0.25) is 0 Å². The number of quaternary nitrogens is 1. The number of sulfone groups is 1. The first kappa shape index (κ1) is 20.3. The van der Waals surface area contributed by atoms with E-state index < -0.39 is 9.84 Å². The maximum Gasteiger partial charge on any atom is 0.275 e. The maximum absolute atomic E-state index is 12.2. The van der Waals surface area contributed by atoms with Gasteiger partial charge >= 0.3 is 0 Å². The molecule has 0 bridgehead atoms. The highest BCUT2D eigenvalue weighted by Gasteiger charge is 2.32. The Kier molecular flexibility index (Phi) is 6.22. The van der Waals surface area contributed by atoms with E-state index in [1.807, 2.05) is 25.6 Å². The maximum atomic E-state index is 12.2. The van der Waals surface area contributed by atoms with E-state index in [4.69, 9.17) is 4.74 Å². The number of hydrogen-bond donors (Lipinski definition) is 2. The van der Waals surface area contributed by atoms with E-state index in [9.17, 15) is 13.2 Å². The summed E-state index contributed by atoms with van der Waals surface area (Å²) in [6.45, 7) is 6.38. The molecule has 2 saturated heterocycles. The minimum absolute atomic E-state index is 0.0209. The van der Waals surface area contributed by atoms with Crippen LogP contribution in [0.15, 0.2) is 0 Å². The lowest BCUT2D eigenvalue weighted by Gasteiger charge is -2.16. The van der Waals surface area contributed by atoms with Gasteiger partial charge in [0, 0.05) is 18.8 Å². The second-order valence-corrected chi connectivity index (χ2v) is 10.1. The number of ether oxygens (including phenoxy) is 1. The first-order chi connectivity index (χ1) is 12.7. The molecule has 1 aromatic rings. The number of aryl methyl sites for hydroxylation is 1. The lowest BCUT2D eigenvalue weighted by molar-refractivity contribution is -0.885. The number of carbonyl (C=O) groups is 1. The summed E-state index contributed by atoms with van der Waals surface area (Å²) < 4.78 is 31.0. The van der Waals surface area contributed by atoms with Crippen molar-refractivity contribution in [3.05, 3.63) is 17.0 Å². The second-order valence-electron chi connectivity index (χ2n) is 7.90. The molecule has 0 aliphatic carbocycles. The van der Waals surface area contributed by atoms with E-state index in [-0.39, 0.29) is 29.6 Å². The van der Waals surface area contributed by atoms with Crippen molar-refractivity contribution in [1.29, 1.82) is 0 Å². The van der Waals surface area contributed by atoms with Crippen molar-refractivity contribution in [2.24, 2.45) is 0 Å². The molecule has 27 heavy (non-hydrogen) atoms. The molecule has 3 heterocycles. The number of likely N-dealkylation sites (N-methyl/N-ethyl adjacent to an activating group) is 1. The third kappa shape index (κ3) is 5.08. The van der Waals surface area contributed by atoms with Crippen LogP contribution >= 0.6 is 0 Å². The summed E-state index contributed by atoms with van der Waals surface area (Å²) in [4.78, 5) is 13.3. The number of amides is 1. The highest BCUT2D eigenvalue weighted by Crippen LogP contribution is 2.26. The van der Waals surface area contributed by atoms with Gasteiger partial charge in [0.05, 0.1) is 42.0 Å². The van der Waals surface area contributed by atoms with Gasteiger partial charge in [-0.2, -0.15) is 5.10 Å². The Morgan fingerprint density at radius 1 is 1.37 bits per heavy atom. The van der Waals surface area contributed by atoms with Crippen LogP contribution in [0.5, 0.6) is 0 Å². The molecule has 2 aliphatic heterocycles. The fourth-order valence-corrected chi connectivity index (χ4v) is 5.70. The third-order valence-corrected chi connectivity index (χ3v) is 7.27. The van der Waals surface area contributed by atoms with Gasteiger partial charge in [-0.15, -0.1) is 0 Å². The van der Waals surface area contributed by atoms with Crippen LogP contribution in [0.4, 0.5) is 0 Å². The third-order valence-electron chi connectivity index (χ3n) is 5.52. The molecule has 2 N–H and O–H groups in total. The van der Waals surface area contributed by atoms with Crippen molar-refractivity contribution in [2.45, 2.75) is 51.8 Å². The standard InChI is InChI=1S/C18H30N4O4S/c1-13-17(14(2)22(20-13)15-6-8-27(24,25)12-15)10-21(3)11-18(23)19-9-16-5-4-7-26-16/h15-16H,4-12H2,1-3H3,(H,19,23)/p+1/t15-,16+/m1/s1. The molecule has 1 amide bonds. The Bertz CT molecular complexity index is 784. The topological polar surface area (TPSA) is 94.7 Å². The second kappa shape index (κ2) is 8.28. The number of carbonyl (C=O) groups excluding carboxylic acids is 1. The predicted octanol–water partition coefficient (Wildman–Crippen LogP) is -0.831. The normalized spacial score (nSPS) is 25.6. The SMILES string of the molecule is Cc1nn([C@@H]2CCS(=O)(=O)C2)c(C)c1C[NH+](C)CC(=O)NC[C@@H]1CCCO1. The molecule has 0 aromatic carbocycles. The number of aromatic nitrogens is 2. The summed E-state index contributed by atoms with van der Waals surface area (Å²) in [7, 11) is -0.958. The van der Waals surface area contributed by atoms with Gasteiger partial charge in [0.15, 0.2) is 16.4 Å². The molecule has 0 spiro atoms. The molecule has 1 aromatic heterocycles. The molecule has 8 nitrogen and oxygen atoms in total. The van der Waals surface area contributed by atoms with Gasteiger partial charge in [0.1, 0.15) is 6.54 Å². The average Bonchev–Trinajstić information content (AvgIpc) is 3.29. The van der Waals surface area contributed by atoms with Crippen molar-refractivity contribution >= 4 is 15.7 Å². The molecular weight excluding hydrogens is 368 g/mol. The quantitative estimate of drug-likeness (QED) is 0.624. The van der Waals surface area contributed by atoms with Crippen LogP contribution in [0, 0.1) is 13.8 Å². The van der Waals surface area contributed by atoms with Crippen molar-refractivity contribution in [3.63, 3.8) is 0 Å². The molecule has 0 radical (unpaired) electrons. The smallest absolute Gasteiger partial charge is 0.275 e. The monoisotopic (exact) mass is 399 g/mol. The van der Waals surface area contributed by atoms with Crippen molar-refractivity contribution in [3.8, 4) is 0 Å². The molecule has 3 rings (SSSR count). The van der Waals surface area contributed by atoms with Crippen molar-refractivity contribution in [2.75, 3.05) is 38.2 Å². The molecule has 152 valence electrons. The van der Waals surface area contributed by atoms with Crippen molar-refractivity contribution < 1.29 is 22.8 Å². The Balaban J connectivity index is 1.56. The fourth-order valence-electron chi connectivity index (χ4n) is 4.01. The molecular formula is C18H31N4O4S+. The van der Waals surface area contributed by atoms with Crippen LogP contribution in [-0.4, -0.2) is 68.5 Å². The summed E-state index contributed by atoms with van der Waals surface area (Å²) in [6.07, 6.45) is 2.85. The number of rotatable bonds is 7. The van der Waals surface area contributed by atoms with Crippen molar-refractivity contribution in [1.82, 2.24) is 15.1 Å². The summed E-state index contributed by atoms with van der Waals surface area (Å²) in [5.41, 5.74) is 3.02. The minimum Gasteiger partial charge on any atom is -0.376 e. The number of hydrogen-bond acceptors (Lipinski definition) is 5. The molecule has 0 saturated carbocycles. The van der Waals surface area contributed by atoms with E-state index >= 15 is 0 Å². The Hall–Kier alpha value is -1.45. The van der Waals surface area contributed by atoms with Gasteiger partial charge in [-0.05, 0) is 33.1 Å². The summed E-state index contributed by atoms with van der Waals surface area (Å²) in [6, 6.07) is -0.0718. The summed E-state index contributed by atoms with van der Waals surface area (Å²) in [5.74, 6) is 0.428.